The van der Waals surface area contributed by atoms with Gasteiger partial charge in [0.25, 0.3) is 0 Å². The molecule has 1 saturated carbocycles. The highest BCUT2D eigenvalue weighted by molar-refractivity contribution is 4.80. The summed E-state index contributed by atoms with van der Waals surface area (Å²) in [6, 6.07) is 2.86. The zero-order chi connectivity index (χ0) is 25.2. The Labute approximate surface area is 210 Å². The molecule has 0 unspecified atom stereocenters. The average Bonchev–Trinajstić information content (AvgIpc) is 2.67. The third-order valence-corrected chi connectivity index (χ3v) is 7.07. The van der Waals surface area contributed by atoms with Crippen molar-refractivity contribution in [2.24, 2.45) is 11.8 Å². The van der Waals surface area contributed by atoms with Crippen molar-refractivity contribution in [2.75, 3.05) is 39.3 Å². The van der Waals surface area contributed by atoms with Gasteiger partial charge in [0.05, 0.1) is 0 Å². The maximum atomic E-state index is 3.45. The molecular weight excluding hydrogens is 404 g/mol. The number of nitrogens with zero attached hydrogens (tertiary/aromatic N) is 2. The number of hydrogen-bond donors (Lipinski definition) is 2. The van der Waals surface area contributed by atoms with E-state index in [0.717, 1.165) is 30.5 Å². The maximum absolute atomic E-state index is 3.45. The fourth-order valence-electron chi connectivity index (χ4n) is 4.23. The third kappa shape index (κ3) is 17.9. The topological polar surface area (TPSA) is 30.5 Å². The number of piperidine rings is 1. The summed E-state index contributed by atoms with van der Waals surface area (Å²) in [4.78, 5) is 5.08. The first kappa shape index (κ1) is 32.8. The van der Waals surface area contributed by atoms with Crippen molar-refractivity contribution >= 4 is 0 Å². The lowest BCUT2D eigenvalue weighted by Crippen LogP contribution is -2.49. The first-order chi connectivity index (χ1) is 15.6. The molecule has 2 aliphatic heterocycles. The first-order valence-corrected chi connectivity index (χ1v) is 14.5. The molecule has 200 valence electrons. The first-order valence-electron chi connectivity index (χ1n) is 14.5. The van der Waals surface area contributed by atoms with Crippen LogP contribution >= 0.6 is 0 Å². The SMILES string of the molecule is CC(C)N1CCCCC1.CC(C)NCC1CCC1.CCC1CN(C(C)C)C1.CCNC(C)C. The van der Waals surface area contributed by atoms with Crippen LogP contribution in [0.15, 0.2) is 0 Å². The van der Waals surface area contributed by atoms with Crippen molar-refractivity contribution in [3.8, 4) is 0 Å². The monoisotopic (exact) mass is 469 g/mol. The molecule has 0 spiro atoms. The van der Waals surface area contributed by atoms with Gasteiger partial charge in [0.2, 0.25) is 0 Å². The molecular formula is C29H64N4. The standard InChI is InChI=1S/3C8H17N.C5H13N/c1-7(2)9-6-8-4-3-5-8;1-8(2)9-6-4-3-5-7-9;1-4-8-5-9(6-8)7(2)3;1-4-6-5(2)3/h7-9H,3-6H2,1-2H3;8H,3-7H2,1-2H3;7-8H,4-6H2,1-3H3;5-6H,4H2,1-3H3. The average molecular weight is 469 g/mol. The Hall–Kier alpha value is -0.160. The van der Waals surface area contributed by atoms with Crippen LogP contribution in [0.25, 0.3) is 0 Å². The molecule has 0 aromatic rings. The summed E-state index contributed by atoms with van der Waals surface area (Å²) in [5.74, 6) is 2.01. The molecule has 3 fully saturated rings. The number of nitrogens with one attached hydrogen (secondary N) is 2. The summed E-state index contributed by atoms with van der Waals surface area (Å²) in [7, 11) is 0. The zero-order valence-corrected chi connectivity index (χ0v) is 24.6. The fraction of sp³-hybridized carbons (Fsp3) is 1.00. The van der Waals surface area contributed by atoms with E-state index in [-0.39, 0.29) is 0 Å². The van der Waals surface area contributed by atoms with E-state index < -0.39 is 0 Å². The Kier molecular flexibility index (Phi) is 20.0. The van der Waals surface area contributed by atoms with Crippen LogP contribution < -0.4 is 10.6 Å². The molecule has 1 aliphatic carbocycles. The highest BCUT2D eigenvalue weighted by atomic mass is 15.2. The Morgan fingerprint density at radius 2 is 1.15 bits per heavy atom. The summed E-state index contributed by atoms with van der Waals surface area (Å²) in [6.45, 7) is 29.9. The Bertz CT molecular complexity index is 402. The van der Waals surface area contributed by atoms with Gasteiger partial charge in [0.1, 0.15) is 0 Å². The molecule has 2 saturated heterocycles. The van der Waals surface area contributed by atoms with E-state index in [1.807, 2.05) is 0 Å². The minimum Gasteiger partial charge on any atom is -0.315 e. The van der Waals surface area contributed by atoms with Crippen LogP contribution in [0.4, 0.5) is 0 Å². The van der Waals surface area contributed by atoms with Crippen molar-refractivity contribution in [1.29, 1.82) is 0 Å². The second-order valence-electron chi connectivity index (χ2n) is 11.6. The van der Waals surface area contributed by atoms with Gasteiger partial charge >= 0.3 is 0 Å². The molecule has 4 nitrogen and oxygen atoms in total. The van der Waals surface area contributed by atoms with Crippen LogP contribution in [-0.2, 0) is 0 Å². The van der Waals surface area contributed by atoms with Crippen LogP contribution in [0.2, 0.25) is 0 Å². The van der Waals surface area contributed by atoms with E-state index in [1.54, 1.807) is 0 Å². The molecule has 4 heteroatoms. The quantitative estimate of drug-likeness (QED) is 0.431. The molecule has 33 heavy (non-hydrogen) atoms. The predicted octanol–water partition coefficient (Wildman–Crippen LogP) is 6.41. The Morgan fingerprint density at radius 3 is 1.42 bits per heavy atom. The summed E-state index contributed by atoms with van der Waals surface area (Å²) in [6.07, 6.45) is 10.0. The van der Waals surface area contributed by atoms with Gasteiger partial charge in [0.15, 0.2) is 0 Å². The molecule has 0 bridgehead atoms. The Balaban J connectivity index is 0.000000419. The molecule has 3 rings (SSSR count). The van der Waals surface area contributed by atoms with Crippen LogP contribution in [0.3, 0.4) is 0 Å². The van der Waals surface area contributed by atoms with Gasteiger partial charge in [-0.3, -0.25) is 0 Å². The second-order valence-corrected chi connectivity index (χ2v) is 11.6. The zero-order valence-electron chi connectivity index (χ0n) is 24.6. The largest absolute Gasteiger partial charge is 0.315 e. The smallest absolute Gasteiger partial charge is 0.00388 e. The number of likely N-dealkylation sites (tertiary alicyclic amines) is 2. The summed E-state index contributed by atoms with van der Waals surface area (Å²) >= 11 is 0. The van der Waals surface area contributed by atoms with Crippen molar-refractivity contribution in [2.45, 2.75) is 138 Å². The normalized spacial score (nSPS) is 19.8. The molecule has 0 aromatic heterocycles. The van der Waals surface area contributed by atoms with Crippen LogP contribution in [0.5, 0.6) is 0 Å². The minimum atomic E-state index is 0.648. The third-order valence-electron chi connectivity index (χ3n) is 7.07. The second kappa shape index (κ2) is 20.1. The highest BCUT2D eigenvalue weighted by Crippen LogP contribution is 2.25. The predicted molar refractivity (Wildman–Crippen MR) is 150 cm³/mol. The van der Waals surface area contributed by atoms with E-state index in [4.69, 9.17) is 0 Å². The fourth-order valence-corrected chi connectivity index (χ4v) is 4.23. The van der Waals surface area contributed by atoms with Gasteiger partial charge in [-0.15, -0.1) is 0 Å². The van der Waals surface area contributed by atoms with Crippen LogP contribution in [0.1, 0.15) is 114 Å². The van der Waals surface area contributed by atoms with E-state index in [1.165, 1.54) is 77.7 Å². The molecule has 2 N–H and O–H groups in total. The molecule has 0 amide bonds. The van der Waals surface area contributed by atoms with Gasteiger partial charge < -0.3 is 20.4 Å². The molecule has 3 aliphatic rings. The van der Waals surface area contributed by atoms with Gasteiger partial charge in [-0.05, 0) is 91.4 Å². The maximum Gasteiger partial charge on any atom is 0.00388 e. The van der Waals surface area contributed by atoms with Crippen molar-refractivity contribution in [3.63, 3.8) is 0 Å². The van der Waals surface area contributed by atoms with Gasteiger partial charge in [-0.1, -0.05) is 60.8 Å². The van der Waals surface area contributed by atoms with Crippen LogP contribution in [0, 0.1) is 11.8 Å². The highest BCUT2D eigenvalue weighted by Gasteiger charge is 2.26. The van der Waals surface area contributed by atoms with Gasteiger partial charge in [-0.2, -0.15) is 0 Å². The van der Waals surface area contributed by atoms with E-state index in [0.29, 0.717) is 12.1 Å². The summed E-state index contributed by atoms with van der Waals surface area (Å²) in [5, 5.41) is 6.66. The number of rotatable bonds is 8. The van der Waals surface area contributed by atoms with E-state index in [2.05, 4.69) is 89.7 Å². The molecule has 2 heterocycles. The molecule has 0 radical (unpaired) electrons. The van der Waals surface area contributed by atoms with Crippen molar-refractivity contribution in [1.82, 2.24) is 20.4 Å². The van der Waals surface area contributed by atoms with Gasteiger partial charge in [-0.25, -0.2) is 0 Å². The molecule has 0 atom stereocenters. The van der Waals surface area contributed by atoms with E-state index >= 15 is 0 Å². The summed E-state index contributed by atoms with van der Waals surface area (Å²) < 4.78 is 0. The summed E-state index contributed by atoms with van der Waals surface area (Å²) in [5.41, 5.74) is 0. The molecule has 0 aromatic carbocycles. The lowest BCUT2D eigenvalue weighted by molar-refractivity contribution is 0.0658. The lowest BCUT2D eigenvalue weighted by atomic mass is 9.85. The van der Waals surface area contributed by atoms with Crippen molar-refractivity contribution in [3.05, 3.63) is 0 Å². The van der Waals surface area contributed by atoms with E-state index in [9.17, 15) is 0 Å². The van der Waals surface area contributed by atoms with Crippen molar-refractivity contribution < 1.29 is 0 Å². The van der Waals surface area contributed by atoms with Crippen LogP contribution in [-0.4, -0.2) is 73.2 Å². The lowest BCUT2D eigenvalue weighted by Gasteiger charge is -2.41. The van der Waals surface area contributed by atoms with Gasteiger partial charge in [0, 0.05) is 37.3 Å². The minimum absolute atomic E-state index is 0.648. The Morgan fingerprint density at radius 1 is 0.636 bits per heavy atom. The number of hydrogen-bond acceptors (Lipinski definition) is 4.